The van der Waals surface area contributed by atoms with Gasteiger partial charge < -0.3 is 9.80 Å². The fraction of sp³-hybridized carbons (Fsp3) is 0.213. The van der Waals surface area contributed by atoms with Gasteiger partial charge in [-0.3, -0.25) is 0 Å². The van der Waals surface area contributed by atoms with Crippen LogP contribution in [0.4, 0.5) is 34.1 Å². The molecule has 2 aliphatic heterocycles. The summed E-state index contributed by atoms with van der Waals surface area (Å²) in [5.74, 6) is 0. The molecule has 13 aromatic carbocycles. The molecule has 14 aromatic rings. The first-order valence-electron chi connectivity index (χ1n) is 35.2. The van der Waals surface area contributed by atoms with E-state index in [-0.39, 0.29) is 33.8 Å². The van der Waals surface area contributed by atoms with Gasteiger partial charge in [0, 0.05) is 43.1 Å². The molecule has 0 spiro atoms. The maximum Gasteiger partial charge on any atom is 0.264 e. The summed E-state index contributed by atoms with van der Waals surface area (Å²) in [5.41, 5.74) is 28.1. The standard InChI is InChI=1S/C94H87BN2S/c1-90(2,3)66-41-44-73-77(57-66)86(65-48-69(93(10,11)12)54-70(49-65)94(13,14)15)72-38-25-24-37-71(72)85(73)63-36-28-35-60(47-63)64-52-82-87-83(53-64)97(80-46-43-68(92(7,8)9)56-76(80)59-31-20-17-21-32-59)88-74-39-26-27-40-84(74)98-89(88)95(87)78-50-61-33-22-23-34-62(61)51-81(78)96(82)79-45-42-67(91(4,5)6)55-75(79)58-29-18-16-19-30-58/h16-57H,1-15H3. The van der Waals surface area contributed by atoms with Gasteiger partial charge in [0.05, 0.1) is 17.1 Å². The molecule has 2 nitrogen and oxygen atoms in total. The largest absolute Gasteiger partial charge is 0.311 e. The van der Waals surface area contributed by atoms with Crippen LogP contribution < -0.4 is 25.5 Å². The molecule has 0 unspecified atom stereocenters. The first-order chi connectivity index (χ1) is 46.8. The Balaban J connectivity index is 1.03. The van der Waals surface area contributed by atoms with Crippen LogP contribution in [0.5, 0.6) is 0 Å². The van der Waals surface area contributed by atoms with E-state index in [2.05, 4.69) is 368 Å². The molecule has 16 rings (SSSR count). The maximum absolute atomic E-state index is 2.70. The highest BCUT2D eigenvalue weighted by Gasteiger charge is 2.47. The lowest BCUT2D eigenvalue weighted by molar-refractivity contribution is 0.569. The number of thiophene rings is 1. The Morgan fingerprint density at radius 1 is 0.276 bits per heavy atom. The molecule has 0 N–H and O–H groups in total. The van der Waals surface area contributed by atoms with Crippen molar-refractivity contribution in [3.63, 3.8) is 0 Å². The highest BCUT2D eigenvalue weighted by Crippen LogP contribution is 2.54. The third-order valence-corrected chi connectivity index (χ3v) is 22.4. The van der Waals surface area contributed by atoms with Crippen LogP contribution in [0.25, 0.3) is 98.0 Å². The SMILES string of the molecule is CC(C)(C)c1cc(-c2c3ccccc3c(-c3cccc(-c4cc5c6c(c4)N(c4ccc(C(C)(C)C)cc4-c4ccccc4)c4c(sc7ccccc47)B6c4cc6ccccc6cc4N5c4ccc(C(C)(C)C)cc4-c4ccccc4)c3)c3ccc(C(C)(C)C)cc23)cc(C(C)(C)C)c1. The summed E-state index contributed by atoms with van der Waals surface area (Å²) in [6, 6.07) is 98.8. The second kappa shape index (κ2) is 22.9. The molecule has 3 heterocycles. The number of hydrogen-bond acceptors (Lipinski definition) is 3. The summed E-state index contributed by atoms with van der Waals surface area (Å²) < 4.78 is 2.63. The quantitative estimate of drug-likeness (QED) is 0.116. The zero-order valence-corrected chi connectivity index (χ0v) is 60.4. The zero-order valence-electron chi connectivity index (χ0n) is 59.6. The summed E-state index contributed by atoms with van der Waals surface area (Å²) in [6.45, 7) is 35.1. The molecule has 4 heteroatoms. The molecule has 0 amide bonds. The summed E-state index contributed by atoms with van der Waals surface area (Å²) in [4.78, 5) is 5.37. The van der Waals surface area contributed by atoms with Crippen molar-refractivity contribution >= 4 is 110 Å². The van der Waals surface area contributed by atoms with E-state index in [9.17, 15) is 0 Å². The normalized spacial score (nSPS) is 13.4. The molecule has 0 saturated carbocycles. The summed E-state index contributed by atoms with van der Waals surface area (Å²) in [5, 5.41) is 8.75. The second-order valence-electron chi connectivity index (χ2n) is 33.0. The maximum atomic E-state index is 2.70. The van der Waals surface area contributed by atoms with E-state index in [1.807, 2.05) is 11.3 Å². The van der Waals surface area contributed by atoms with Gasteiger partial charge in [-0.05, 0) is 203 Å². The monoisotopic (exact) mass is 1290 g/mol. The van der Waals surface area contributed by atoms with Crippen LogP contribution in [0, 0.1) is 0 Å². The van der Waals surface area contributed by atoms with Gasteiger partial charge in [-0.2, -0.15) is 0 Å². The van der Waals surface area contributed by atoms with Gasteiger partial charge in [0.2, 0.25) is 0 Å². The first-order valence-corrected chi connectivity index (χ1v) is 36.1. The van der Waals surface area contributed by atoms with Crippen LogP contribution >= 0.6 is 11.3 Å². The smallest absolute Gasteiger partial charge is 0.264 e. The minimum absolute atomic E-state index is 0.0532. The van der Waals surface area contributed by atoms with Crippen molar-refractivity contribution in [3.05, 3.63) is 283 Å². The van der Waals surface area contributed by atoms with Crippen LogP contribution in [-0.4, -0.2) is 6.71 Å². The highest BCUT2D eigenvalue weighted by molar-refractivity contribution is 7.33. The fourth-order valence-electron chi connectivity index (χ4n) is 15.6. The molecular formula is C94H87BN2S. The Morgan fingerprint density at radius 3 is 1.30 bits per heavy atom. The second-order valence-corrected chi connectivity index (χ2v) is 34.1. The van der Waals surface area contributed by atoms with Gasteiger partial charge in [-0.15, -0.1) is 11.3 Å². The highest BCUT2D eigenvalue weighted by atomic mass is 32.1. The van der Waals surface area contributed by atoms with Gasteiger partial charge in [0.1, 0.15) is 0 Å². The molecule has 98 heavy (non-hydrogen) atoms. The van der Waals surface area contributed by atoms with Crippen LogP contribution in [0.15, 0.2) is 255 Å². The molecule has 1 aromatic heterocycles. The average Bonchev–Trinajstić information content (AvgIpc) is 1.24. The van der Waals surface area contributed by atoms with E-state index in [1.165, 1.54) is 153 Å². The molecule has 0 aliphatic carbocycles. The lowest BCUT2D eigenvalue weighted by Gasteiger charge is -2.44. The lowest BCUT2D eigenvalue weighted by Crippen LogP contribution is -2.60. The Hall–Kier alpha value is -9.74. The number of benzene rings is 13. The van der Waals surface area contributed by atoms with Crippen molar-refractivity contribution in [2.75, 3.05) is 9.80 Å². The van der Waals surface area contributed by atoms with Crippen molar-refractivity contribution in [2.24, 2.45) is 0 Å². The van der Waals surface area contributed by atoms with Gasteiger partial charge in [0.25, 0.3) is 6.71 Å². The van der Waals surface area contributed by atoms with E-state index in [0.717, 1.165) is 22.5 Å². The molecule has 2 aliphatic rings. The van der Waals surface area contributed by atoms with E-state index >= 15 is 0 Å². The minimum Gasteiger partial charge on any atom is -0.311 e. The molecule has 0 saturated heterocycles. The molecule has 0 atom stereocenters. The molecule has 0 fully saturated rings. The average molecular weight is 1290 g/mol. The third-order valence-electron chi connectivity index (χ3n) is 21.1. The molecular weight excluding hydrogens is 1200 g/mol. The Morgan fingerprint density at radius 2 is 0.724 bits per heavy atom. The minimum atomic E-state index is -0.0965. The van der Waals surface area contributed by atoms with Crippen molar-refractivity contribution in [1.29, 1.82) is 0 Å². The number of rotatable bonds is 7. The van der Waals surface area contributed by atoms with Crippen LogP contribution in [-0.2, 0) is 27.1 Å². The van der Waals surface area contributed by atoms with E-state index in [4.69, 9.17) is 0 Å². The van der Waals surface area contributed by atoms with Crippen molar-refractivity contribution in [2.45, 2.75) is 131 Å². The number of anilines is 6. The Labute approximate surface area is 585 Å². The molecule has 0 radical (unpaired) electrons. The predicted octanol–water partition coefficient (Wildman–Crippen LogP) is 25.3. The Kier molecular flexibility index (Phi) is 14.8. The van der Waals surface area contributed by atoms with Crippen molar-refractivity contribution < 1.29 is 0 Å². The third kappa shape index (κ3) is 10.7. The van der Waals surface area contributed by atoms with Gasteiger partial charge in [-0.25, -0.2) is 0 Å². The van der Waals surface area contributed by atoms with E-state index < -0.39 is 0 Å². The summed E-state index contributed by atoms with van der Waals surface area (Å²) in [6.07, 6.45) is 0. The number of fused-ring (bicyclic) bond motifs is 9. The summed E-state index contributed by atoms with van der Waals surface area (Å²) in [7, 11) is 0. The predicted molar refractivity (Wildman–Crippen MR) is 429 cm³/mol. The fourth-order valence-corrected chi connectivity index (χ4v) is 17.0. The topological polar surface area (TPSA) is 6.48 Å². The van der Waals surface area contributed by atoms with Gasteiger partial charge in [0.15, 0.2) is 0 Å². The summed E-state index contributed by atoms with van der Waals surface area (Å²) >= 11 is 1.96. The van der Waals surface area contributed by atoms with Crippen molar-refractivity contribution in [3.8, 4) is 55.6 Å². The van der Waals surface area contributed by atoms with Crippen LogP contribution in [0.2, 0.25) is 0 Å². The van der Waals surface area contributed by atoms with E-state index in [0.29, 0.717) is 0 Å². The number of nitrogens with zero attached hydrogens (tertiary/aromatic N) is 2. The lowest BCUT2D eigenvalue weighted by atomic mass is 9.36. The van der Waals surface area contributed by atoms with E-state index in [1.54, 1.807) is 0 Å². The zero-order chi connectivity index (χ0) is 68.1. The molecule has 0 bridgehead atoms. The number of hydrogen-bond donors (Lipinski definition) is 0. The molecule has 482 valence electrons. The van der Waals surface area contributed by atoms with Gasteiger partial charge >= 0.3 is 0 Å². The van der Waals surface area contributed by atoms with Crippen molar-refractivity contribution in [1.82, 2.24) is 0 Å². The van der Waals surface area contributed by atoms with Crippen LogP contribution in [0.3, 0.4) is 0 Å². The Bertz CT molecular complexity index is 5510. The van der Waals surface area contributed by atoms with Gasteiger partial charge in [-0.1, -0.05) is 298 Å². The first kappa shape index (κ1) is 63.0. The van der Waals surface area contributed by atoms with Crippen LogP contribution in [0.1, 0.15) is 132 Å².